The highest BCUT2D eigenvalue weighted by atomic mass is 16.3. The number of nitriles is 2. The second-order valence-electron chi connectivity index (χ2n) is 4.01. The highest BCUT2D eigenvalue weighted by Crippen LogP contribution is 2.26. The Morgan fingerprint density at radius 1 is 1.26 bits per heavy atom. The lowest BCUT2D eigenvalue weighted by atomic mass is 10.1. The van der Waals surface area contributed by atoms with E-state index in [0.29, 0.717) is 5.56 Å². The van der Waals surface area contributed by atoms with Gasteiger partial charge in [-0.05, 0) is 26.0 Å². The van der Waals surface area contributed by atoms with Crippen LogP contribution in [0.2, 0.25) is 0 Å². The summed E-state index contributed by atoms with van der Waals surface area (Å²) in [6.45, 7) is 5.85. The molecule has 0 aliphatic rings. The van der Waals surface area contributed by atoms with E-state index in [2.05, 4.69) is 18.7 Å². The van der Waals surface area contributed by atoms with Gasteiger partial charge in [-0.1, -0.05) is 12.2 Å². The smallest absolute Gasteiger partial charge is 0.151 e. The summed E-state index contributed by atoms with van der Waals surface area (Å²) < 4.78 is 0. The van der Waals surface area contributed by atoms with Gasteiger partial charge in [0, 0.05) is 30.4 Å². The fourth-order valence-corrected chi connectivity index (χ4v) is 1.77. The van der Waals surface area contributed by atoms with Crippen LogP contribution in [-0.4, -0.2) is 18.2 Å². The molecule has 1 N–H and O–H groups in total. The average Bonchev–Trinajstić information content (AvgIpc) is 2.43. The predicted molar refractivity (Wildman–Crippen MR) is 75.4 cm³/mol. The molecule has 0 saturated carbocycles. The van der Waals surface area contributed by atoms with Gasteiger partial charge in [-0.25, -0.2) is 0 Å². The minimum Gasteiger partial charge on any atom is -0.507 e. The van der Waals surface area contributed by atoms with Crippen LogP contribution in [0.25, 0.3) is 6.08 Å². The van der Waals surface area contributed by atoms with E-state index >= 15 is 0 Å². The van der Waals surface area contributed by atoms with E-state index in [1.165, 1.54) is 6.08 Å². The van der Waals surface area contributed by atoms with Crippen molar-refractivity contribution in [2.45, 2.75) is 13.8 Å². The van der Waals surface area contributed by atoms with Gasteiger partial charge in [-0.3, -0.25) is 0 Å². The topological polar surface area (TPSA) is 71.0 Å². The van der Waals surface area contributed by atoms with Gasteiger partial charge in [-0.2, -0.15) is 10.5 Å². The van der Waals surface area contributed by atoms with Crippen LogP contribution in [0, 0.1) is 28.6 Å². The Morgan fingerprint density at radius 3 is 2.37 bits per heavy atom. The fraction of sp³-hybridized carbons (Fsp3) is 0.333. The van der Waals surface area contributed by atoms with Crippen molar-refractivity contribution in [3.63, 3.8) is 0 Å². The third-order valence-corrected chi connectivity index (χ3v) is 2.89. The molecule has 19 heavy (non-hydrogen) atoms. The molecule has 0 aromatic heterocycles. The van der Waals surface area contributed by atoms with Gasteiger partial charge < -0.3 is 10.0 Å². The second-order valence-corrected chi connectivity index (χ2v) is 4.01. The molecule has 0 unspecified atom stereocenters. The van der Waals surface area contributed by atoms with Crippen molar-refractivity contribution in [2.75, 3.05) is 18.0 Å². The van der Waals surface area contributed by atoms with E-state index in [1.54, 1.807) is 18.2 Å². The first-order chi connectivity index (χ1) is 9.15. The third-order valence-electron chi connectivity index (χ3n) is 2.89. The molecular formula is C15H17N3O. The van der Waals surface area contributed by atoms with Crippen molar-refractivity contribution in [2.24, 2.45) is 5.92 Å². The lowest BCUT2D eigenvalue weighted by Crippen LogP contribution is -2.21. The molecule has 1 aromatic rings. The third kappa shape index (κ3) is 3.76. The summed E-state index contributed by atoms with van der Waals surface area (Å²) >= 11 is 0. The van der Waals surface area contributed by atoms with E-state index < -0.39 is 5.92 Å². The Morgan fingerprint density at radius 2 is 1.89 bits per heavy atom. The molecule has 1 aromatic carbocycles. The number of nitrogens with zero attached hydrogens (tertiary/aromatic N) is 3. The molecule has 0 aliphatic carbocycles. The molecule has 1 rings (SSSR count). The Bertz CT molecular complexity index is 519. The molecule has 0 amide bonds. The minimum absolute atomic E-state index is 0.148. The molecule has 0 spiro atoms. The van der Waals surface area contributed by atoms with E-state index in [1.807, 2.05) is 18.2 Å². The normalized spacial score (nSPS) is 10.4. The molecule has 4 nitrogen and oxygen atoms in total. The van der Waals surface area contributed by atoms with Gasteiger partial charge in [0.2, 0.25) is 0 Å². The monoisotopic (exact) mass is 255 g/mol. The zero-order valence-electron chi connectivity index (χ0n) is 11.2. The van der Waals surface area contributed by atoms with Crippen molar-refractivity contribution >= 4 is 11.8 Å². The number of aromatic hydroxyl groups is 1. The van der Waals surface area contributed by atoms with Crippen molar-refractivity contribution in [3.8, 4) is 17.9 Å². The van der Waals surface area contributed by atoms with Gasteiger partial charge in [0.15, 0.2) is 5.92 Å². The highest BCUT2D eigenvalue weighted by molar-refractivity contribution is 5.63. The molecule has 0 atom stereocenters. The average molecular weight is 255 g/mol. The van der Waals surface area contributed by atoms with Gasteiger partial charge >= 0.3 is 0 Å². The van der Waals surface area contributed by atoms with Crippen LogP contribution in [0.3, 0.4) is 0 Å². The van der Waals surface area contributed by atoms with Gasteiger partial charge in [-0.15, -0.1) is 0 Å². The lowest BCUT2D eigenvalue weighted by Gasteiger charge is -2.21. The standard InChI is InChI=1S/C15H17N3O/c1-3-18(4-2)14-8-7-13(15(19)9-14)6-5-12(10-16)11-17/h5-9,12,19H,3-4H2,1-2H3/b6-5+. The highest BCUT2D eigenvalue weighted by Gasteiger charge is 2.06. The number of anilines is 1. The first-order valence-electron chi connectivity index (χ1n) is 6.21. The summed E-state index contributed by atoms with van der Waals surface area (Å²) in [5, 5.41) is 27.3. The van der Waals surface area contributed by atoms with Gasteiger partial charge in [0.25, 0.3) is 0 Å². The zero-order chi connectivity index (χ0) is 14.3. The van der Waals surface area contributed by atoms with Crippen LogP contribution < -0.4 is 4.90 Å². The Hall–Kier alpha value is -2.46. The zero-order valence-corrected chi connectivity index (χ0v) is 11.2. The van der Waals surface area contributed by atoms with Crippen LogP contribution in [-0.2, 0) is 0 Å². The van der Waals surface area contributed by atoms with Crippen LogP contribution >= 0.6 is 0 Å². The summed E-state index contributed by atoms with van der Waals surface area (Å²) in [5.74, 6) is -0.642. The largest absolute Gasteiger partial charge is 0.507 e. The molecular weight excluding hydrogens is 238 g/mol. The number of benzene rings is 1. The second kappa shape index (κ2) is 7.08. The maximum Gasteiger partial charge on any atom is 0.151 e. The van der Waals surface area contributed by atoms with Crippen molar-refractivity contribution in [3.05, 3.63) is 29.8 Å². The lowest BCUT2D eigenvalue weighted by molar-refractivity contribution is 0.474. The predicted octanol–water partition coefficient (Wildman–Crippen LogP) is 2.91. The molecule has 0 heterocycles. The Balaban J connectivity index is 2.96. The number of phenols is 1. The number of hydrogen-bond donors (Lipinski definition) is 1. The first-order valence-corrected chi connectivity index (χ1v) is 6.21. The van der Waals surface area contributed by atoms with Crippen molar-refractivity contribution < 1.29 is 5.11 Å². The Labute approximate surface area is 113 Å². The van der Waals surface area contributed by atoms with E-state index in [0.717, 1.165) is 18.8 Å². The molecule has 0 radical (unpaired) electrons. The maximum atomic E-state index is 9.95. The van der Waals surface area contributed by atoms with Crippen LogP contribution in [0.1, 0.15) is 19.4 Å². The van der Waals surface area contributed by atoms with E-state index in [4.69, 9.17) is 10.5 Å². The Kier molecular flexibility index (Phi) is 5.44. The summed E-state index contributed by atoms with van der Waals surface area (Å²) in [4.78, 5) is 2.13. The molecule has 4 heteroatoms. The SMILES string of the molecule is CCN(CC)c1ccc(/C=C/C(C#N)C#N)c(O)c1. The summed E-state index contributed by atoms with van der Waals surface area (Å²) in [7, 11) is 0. The quantitative estimate of drug-likeness (QED) is 0.878. The van der Waals surface area contributed by atoms with Crippen molar-refractivity contribution in [1.82, 2.24) is 0 Å². The molecule has 0 saturated heterocycles. The fourth-order valence-electron chi connectivity index (χ4n) is 1.77. The first kappa shape index (κ1) is 14.6. The van der Waals surface area contributed by atoms with Crippen LogP contribution in [0.4, 0.5) is 5.69 Å². The number of hydrogen-bond acceptors (Lipinski definition) is 4. The molecule has 0 aliphatic heterocycles. The van der Waals surface area contributed by atoms with Crippen molar-refractivity contribution in [1.29, 1.82) is 10.5 Å². The maximum absolute atomic E-state index is 9.95. The van der Waals surface area contributed by atoms with E-state index in [9.17, 15) is 5.11 Å². The molecule has 0 bridgehead atoms. The summed E-state index contributed by atoms with van der Waals surface area (Å²) in [6.07, 6.45) is 3.07. The molecule has 98 valence electrons. The number of phenolic OH excluding ortho intramolecular Hbond substituents is 1. The summed E-state index contributed by atoms with van der Waals surface area (Å²) in [5.41, 5.74) is 1.56. The van der Waals surface area contributed by atoms with Gasteiger partial charge in [0.05, 0.1) is 12.1 Å². The van der Waals surface area contributed by atoms with Gasteiger partial charge in [0.1, 0.15) is 5.75 Å². The summed E-state index contributed by atoms with van der Waals surface area (Å²) in [6, 6.07) is 9.10. The number of allylic oxidation sites excluding steroid dienone is 1. The van der Waals surface area contributed by atoms with Crippen LogP contribution in [0.15, 0.2) is 24.3 Å². The van der Waals surface area contributed by atoms with Crippen LogP contribution in [0.5, 0.6) is 5.75 Å². The minimum atomic E-state index is -0.790. The number of rotatable bonds is 5. The molecule has 0 fully saturated rings. The van der Waals surface area contributed by atoms with E-state index in [-0.39, 0.29) is 5.75 Å².